The van der Waals surface area contributed by atoms with Gasteiger partial charge in [-0.25, -0.2) is 9.59 Å². The summed E-state index contributed by atoms with van der Waals surface area (Å²) in [7, 11) is 1.10. The first-order valence-corrected chi connectivity index (χ1v) is 11.2. The topological polar surface area (TPSA) is 144 Å². The predicted molar refractivity (Wildman–Crippen MR) is 132 cm³/mol. The number of aliphatic hydroxyl groups excluding tert-OH is 1. The van der Waals surface area contributed by atoms with Gasteiger partial charge in [-0.15, -0.1) is 0 Å². The maximum absolute atomic E-state index is 13.4. The lowest BCUT2D eigenvalue weighted by molar-refractivity contribution is -0.138. The Hall–Kier alpha value is -4.63. The number of nitrogens with zero attached hydrogens (tertiary/aromatic N) is 3. The van der Waals surface area contributed by atoms with Gasteiger partial charge in [0.25, 0.3) is 0 Å². The first-order valence-electron chi connectivity index (χ1n) is 11.2. The minimum Gasteiger partial charge on any atom is -0.466 e. The molecular formula is C26H24F3N5O4. The van der Waals surface area contributed by atoms with Crippen LogP contribution in [0.3, 0.4) is 0 Å². The molecule has 2 aromatic carbocycles. The quantitative estimate of drug-likeness (QED) is 0.478. The van der Waals surface area contributed by atoms with E-state index in [4.69, 9.17) is 21.0 Å². The highest BCUT2D eigenvalue weighted by atomic mass is 19.4. The lowest BCUT2D eigenvalue weighted by Gasteiger charge is -2.43. The molecule has 3 rings (SSSR count). The van der Waals surface area contributed by atoms with Crippen LogP contribution in [-0.2, 0) is 15.7 Å². The Labute approximate surface area is 216 Å². The number of carbonyl (C=O) groups excluding carboxylic acids is 2. The molecule has 4 N–H and O–H groups in total. The molecule has 0 saturated heterocycles. The number of aliphatic hydroxyl groups is 1. The number of nitrogens with two attached hydrogens (primary N) is 1. The van der Waals surface area contributed by atoms with Crippen LogP contribution in [0.1, 0.15) is 41.6 Å². The van der Waals surface area contributed by atoms with Gasteiger partial charge in [-0.2, -0.15) is 18.4 Å². The van der Waals surface area contributed by atoms with Crippen molar-refractivity contribution in [3.05, 3.63) is 82.1 Å². The second-order valence-corrected chi connectivity index (χ2v) is 8.18. The van der Waals surface area contributed by atoms with Gasteiger partial charge in [0, 0.05) is 18.0 Å². The number of alkyl halides is 3. The number of esters is 1. The van der Waals surface area contributed by atoms with Gasteiger partial charge >= 0.3 is 18.2 Å². The number of amides is 2. The third kappa shape index (κ3) is 5.37. The standard InChI is InChI=1S/C26H24F3N5O4/c1-15-21(23(36)38-2)22(20-10-9-16(14-30)12-17(20)6-3-4-11-35)34(25(32)37)24(31)33(15)19-8-5-7-18(13-19)26(27,28)29/h3,5-10,12-13,22,31,35H,4,11H2,1-2H3,(H2,32,37)/b6-3+,31-24?/t22-/m1/s1. The SMILES string of the molecule is COC(=O)C1=C(C)N(c2cccc(C(F)(F)F)c2)C(=N)N(C(N)=O)[C@@H]1c1ccc(C#N)cc1/C=C/CCO. The van der Waals surface area contributed by atoms with Crippen molar-refractivity contribution in [2.24, 2.45) is 5.73 Å². The normalized spacial score (nSPS) is 16.1. The van der Waals surface area contributed by atoms with E-state index in [1.165, 1.54) is 31.2 Å². The molecule has 1 atom stereocenters. The molecule has 198 valence electrons. The number of urea groups is 1. The van der Waals surface area contributed by atoms with Crippen molar-refractivity contribution in [3.8, 4) is 6.07 Å². The summed E-state index contributed by atoms with van der Waals surface area (Å²) in [5.74, 6) is -1.50. The highest BCUT2D eigenvalue weighted by Gasteiger charge is 2.44. The van der Waals surface area contributed by atoms with Crippen LogP contribution < -0.4 is 10.6 Å². The molecule has 2 amide bonds. The molecule has 9 nitrogen and oxygen atoms in total. The number of ether oxygens (including phenoxy) is 1. The number of rotatable bonds is 6. The Balaban J connectivity index is 2.35. The number of halogens is 3. The third-order valence-electron chi connectivity index (χ3n) is 5.87. The zero-order valence-electron chi connectivity index (χ0n) is 20.4. The minimum absolute atomic E-state index is 0.0401. The number of nitriles is 1. The summed E-state index contributed by atoms with van der Waals surface area (Å²) in [5, 5.41) is 27.3. The third-order valence-corrected chi connectivity index (χ3v) is 5.87. The summed E-state index contributed by atoms with van der Waals surface area (Å²) >= 11 is 0. The Morgan fingerprint density at radius 2 is 1.97 bits per heavy atom. The molecule has 0 fully saturated rings. The number of hydrogen-bond donors (Lipinski definition) is 3. The van der Waals surface area contributed by atoms with Crippen LogP contribution in [0.5, 0.6) is 0 Å². The minimum atomic E-state index is -4.68. The van der Waals surface area contributed by atoms with E-state index in [0.717, 1.165) is 35.1 Å². The van der Waals surface area contributed by atoms with Crippen LogP contribution >= 0.6 is 0 Å². The van der Waals surface area contributed by atoms with Crippen molar-refractivity contribution in [2.45, 2.75) is 25.6 Å². The Bertz CT molecular complexity index is 1380. The van der Waals surface area contributed by atoms with Crippen molar-refractivity contribution >= 4 is 29.7 Å². The smallest absolute Gasteiger partial charge is 0.416 e. The lowest BCUT2D eigenvalue weighted by Crippen LogP contribution is -2.55. The number of primary amides is 1. The van der Waals surface area contributed by atoms with E-state index < -0.39 is 35.7 Å². The summed E-state index contributed by atoms with van der Waals surface area (Å²) in [6.07, 6.45) is -1.20. The Morgan fingerprint density at radius 3 is 2.55 bits per heavy atom. The monoisotopic (exact) mass is 527 g/mol. The fourth-order valence-corrected chi connectivity index (χ4v) is 4.19. The van der Waals surface area contributed by atoms with Crippen molar-refractivity contribution in [3.63, 3.8) is 0 Å². The van der Waals surface area contributed by atoms with Crippen molar-refractivity contribution < 1.29 is 32.6 Å². The Morgan fingerprint density at radius 1 is 1.26 bits per heavy atom. The summed E-state index contributed by atoms with van der Waals surface area (Å²) in [6.45, 7) is 1.26. The molecule has 2 aromatic rings. The average Bonchev–Trinajstić information content (AvgIpc) is 2.87. The molecule has 12 heteroatoms. The van der Waals surface area contributed by atoms with E-state index in [0.29, 0.717) is 11.1 Å². The molecule has 0 radical (unpaired) electrons. The number of anilines is 1. The number of allylic oxidation sites excluding steroid dienone is 1. The highest BCUT2D eigenvalue weighted by molar-refractivity contribution is 6.10. The van der Waals surface area contributed by atoms with Gasteiger partial charge in [0.1, 0.15) is 6.04 Å². The molecule has 0 saturated carbocycles. The van der Waals surface area contributed by atoms with Crippen LogP contribution in [0, 0.1) is 16.7 Å². The van der Waals surface area contributed by atoms with E-state index in [9.17, 15) is 28.0 Å². The van der Waals surface area contributed by atoms with Crippen molar-refractivity contribution in [1.29, 1.82) is 10.7 Å². The summed E-state index contributed by atoms with van der Waals surface area (Å²) < 4.78 is 45.2. The lowest BCUT2D eigenvalue weighted by atomic mass is 9.88. The molecule has 0 aromatic heterocycles. The zero-order chi connectivity index (χ0) is 28.2. The van der Waals surface area contributed by atoms with Gasteiger partial charge in [0.05, 0.1) is 29.9 Å². The number of benzene rings is 2. The molecule has 1 aliphatic heterocycles. The summed E-state index contributed by atoms with van der Waals surface area (Å²) in [5.41, 5.74) is 5.38. The van der Waals surface area contributed by atoms with Crippen LogP contribution in [0.15, 0.2) is 59.8 Å². The molecule has 1 aliphatic rings. The number of carbonyl (C=O) groups is 2. The van der Waals surface area contributed by atoms with Crippen LogP contribution in [-0.4, -0.2) is 41.7 Å². The molecule has 38 heavy (non-hydrogen) atoms. The summed E-state index contributed by atoms with van der Waals surface area (Å²) in [4.78, 5) is 27.6. The van der Waals surface area contributed by atoms with E-state index in [2.05, 4.69) is 0 Å². The van der Waals surface area contributed by atoms with Crippen LogP contribution in [0.2, 0.25) is 0 Å². The molecule has 1 heterocycles. The van der Waals surface area contributed by atoms with Crippen molar-refractivity contribution in [1.82, 2.24) is 4.90 Å². The van der Waals surface area contributed by atoms with E-state index in [1.807, 2.05) is 6.07 Å². The number of nitrogens with one attached hydrogen (secondary N) is 1. The van der Waals surface area contributed by atoms with Gasteiger partial charge in [-0.1, -0.05) is 24.3 Å². The van der Waals surface area contributed by atoms with Crippen LogP contribution in [0.25, 0.3) is 6.08 Å². The predicted octanol–water partition coefficient (Wildman–Crippen LogP) is 4.30. The van der Waals surface area contributed by atoms with E-state index >= 15 is 0 Å². The van der Waals surface area contributed by atoms with Crippen molar-refractivity contribution in [2.75, 3.05) is 18.6 Å². The van der Waals surface area contributed by atoms with E-state index in [-0.39, 0.29) is 35.5 Å². The molecule has 0 spiro atoms. The number of methoxy groups -OCH3 is 1. The average molecular weight is 528 g/mol. The largest absolute Gasteiger partial charge is 0.466 e. The second-order valence-electron chi connectivity index (χ2n) is 8.18. The van der Waals surface area contributed by atoms with Gasteiger partial charge in [-0.05, 0) is 54.8 Å². The maximum atomic E-state index is 13.4. The highest BCUT2D eigenvalue weighted by Crippen LogP contribution is 2.42. The number of guanidine groups is 1. The first kappa shape index (κ1) is 27.9. The van der Waals surface area contributed by atoms with E-state index in [1.54, 1.807) is 12.2 Å². The van der Waals surface area contributed by atoms with Gasteiger partial charge in [-0.3, -0.25) is 15.2 Å². The fourth-order valence-electron chi connectivity index (χ4n) is 4.19. The van der Waals surface area contributed by atoms with Gasteiger partial charge in [0.2, 0.25) is 5.96 Å². The Kier molecular flexibility index (Phi) is 8.23. The van der Waals surface area contributed by atoms with Crippen LogP contribution in [0.4, 0.5) is 23.7 Å². The maximum Gasteiger partial charge on any atom is 0.416 e. The fraction of sp³-hybridized carbons (Fsp3) is 0.231. The van der Waals surface area contributed by atoms with Gasteiger partial charge < -0.3 is 15.6 Å². The molecule has 0 bridgehead atoms. The van der Waals surface area contributed by atoms with Gasteiger partial charge in [0.15, 0.2) is 0 Å². The first-order chi connectivity index (χ1) is 18.0. The molecule has 0 aliphatic carbocycles. The number of hydrogen-bond acceptors (Lipinski definition) is 6. The molecule has 0 unspecified atom stereocenters. The molecular weight excluding hydrogens is 503 g/mol. The second kappa shape index (κ2) is 11.2. The zero-order valence-corrected chi connectivity index (χ0v) is 20.4. The summed E-state index contributed by atoms with van der Waals surface area (Å²) in [6, 6.07) is 8.05.